The van der Waals surface area contributed by atoms with Crippen LogP contribution in [0.4, 0.5) is 10.5 Å². The second-order valence-electron chi connectivity index (χ2n) is 6.96. The normalized spacial score (nSPS) is 21.5. The smallest absolute Gasteiger partial charge is 0.407 e. The number of halogens is 1. The highest BCUT2D eigenvalue weighted by molar-refractivity contribution is 9.10. The van der Waals surface area contributed by atoms with Crippen molar-refractivity contribution in [2.24, 2.45) is 0 Å². The van der Waals surface area contributed by atoms with E-state index < -0.39 is 5.60 Å². The first-order valence-electron chi connectivity index (χ1n) is 7.75. The molecule has 1 aromatic carbocycles. The largest absolute Gasteiger partial charge is 0.444 e. The zero-order valence-corrected chi connectivity index (χ0v) is 15.3. The molecule has 4 nitrogen and oxygen atoms in total. The molecule has 1 fully saturated rings. The maximum atomic E-state index is 11.8. The van der Waals surface area contributed by atoms with Gasteiger partial charge in [0.1, 0.15) is 5.60 Å². The number of hydrogen-bond acceptors (Lipinski definition) is 3. The Kier molecular flexibility index (Phi) is 5.37. The van der Waals surface area contributed by atoms with Crippen molar-refractivity contribution >= 4 is 27.7 Å². The van der Waals surface area contributed by atoms with E-state index in [1.54, 1.807) is 0 Å². The maximum absolute atomic E-state index is 11.8. The molecule has 5 heteroatoms. The van der Waals surface area contributed by atoms with Gasteiger partial charge in [0.2, 0.25) is 0 Å². The Balaban J connectivity index is 1.85. The topological polar surface area (TPSA) is 50.4 Å². The molecule has 0 bridgehead atoms. The van der Waals surface area contributed by atoms with Crippen LogP contribution < -0.4 is 10.6 Å². The fourth-order valence-corrected chi connectivity index (χ4v) is 3.05. The molecule has 2 unspecified atom stereocenters. The first-order valence-corrected chi connectivity index (χ1v) is 8.54. The van der Waals surface area contributed by atoms with E-state index in [1.807, 2.05) is 26.8 Å². The standard InChI is InChI=1S/C17H25BrN2O2/c1-11-5-6-12(18)9-15(11)19-13-7-8-14(10-13)20-16(21)22-17(2,3)4/h5-6,9,13-14,19H,7-8,10H2,1-4H3,(H,20,21). The lowest BCUT2D eigenvalue weighted by atomic mass is 10.1. The van der Waals surface area contributed by atoms with Gasteiger partial charge in [-0.15, -0.1) is 0 Å². The molecule has 0 aromatic heterocycles. The minimum Gasteiger partial charge on any atom is -0.444 e. The molecule has 1 aliphatic carbocycles. The Morgan fingerprint density at radius 2 is 1.95 bits per heavy atom. The van der Waals surface area contributed by atoms with Gasteiger partial charge in [-0.25, -0.2) is 4.79 Å². The Bertz CT molecular complexity index is 540. The van der Waals surface area contributed by atoms with Crippen LogP contribution in [0, 0.1) is 6.92 Å². The number of nitrogens with one attached hydrogen (secondary N) is 2. The van der Waals surface area contributed by atoms with Crippen LogP contribution in [0.3, 0.4) is 0 Å². The molecule has 0 aliphatic heterocycles. The molecule has 22 heavy (non-hydrogen) atoms. The SMILES string of the molecule is Cc1ccc(Br)cc1NC1CCC(NC(=O)OC(C)(C)C)C1. The summed E-state index contributed by atoms with van der Waals surface area (Å²) in [5.41, 5.74) is 1.93. The minimum absolute atomic E-state index is 0.180. The molecule has 0 spiro atoms. The summed E-state index contributed by atoms with van der Waals surface area (Å²) in [5, 5.41) is 6.55. The Morgan fingerprint density at radius 3 is 2.64 bits per heavy atom. The molecule has 0 radical (unpaired) electrons. The van der Waals surface area contributed by atoms with E-state index in [-0.39, 0.29) is 12.1 Å². The summed E-state index contributed by atoms with van der Waals surface area (Å²) >= 11 is 3.50. The van der Waals surface area contributed by atoms with Crippen LogP contribution in [-0.2, 0) is 4.74 Å². The van der Waals surface area contributed by atoms with Gasteiger partial charge >= 0.3 is 6.09 Å². The summed E-state index contributed by atoms with van der Waals surface area (Å²) in [5.74, 6) is 0. The van der Waals surface area contributed by atoms with Crippen molar-refractivity contribution in [3.63, 3.8) is 0 Å². The first-order chi connectivity index (χ1) is 10.2. The van der Waals surface area contributed by atoms with E-state index in [4.69, 9.17) is 4.74 Å². The third kappa shape index (κ3) is 5.20. The molecule has 1 aromatic rings. The highest BCUT2D eigenvalue weighted by Gasteiger charge is 2.27. The fourth-order valence-electron chi connectivity index (χ4n) is 2.69. The number of alkyl carbamates (subject to hydrolysis) is 1. The minimum atomic E-state index is -0.451. The van der Waals surface area contributed by atoms with Gasteiger partial charge in [0.25, 0.3) is 0 Å². The lowest BCUT2D eigenvalue weighted by Crippen LogP contribution is -2.38. The number of carbonyl (C=O) groups is 1. The summed E-state index contributed by atoms with van der Waals surface area (Å²) < 4.78 is 6.38. The third-order valence-electron chi connectivity index (χ3n) is 3.71. The van der Waals surface area contributed by atoms with Gasteiger partial charge in [0, 0.05) is 22.2 Å². The molecular weight excluding hydrogens is 344 g/mol. The number of hydrogen-bond donors (Lipinski definition) is 2. The van der Waals surface area contributed by atoms with Crippen LogP contribution in [-0.4, -0.2) is 23.8 Å². The second-order valence-corrected chi connectivity index (χ2v) is 7.87. The molecule has 122 valence electrons. The number of anilines is 1. The molecular formula is C17H25BrN2O2. The van der Waals surface area contributed by atoms with E-state index in [0.717, 1.165) is 29.4 Å². The summed E-state index contributed by atoms with van der Waals surface area (Å²) in [6, 6.07) is 6.80. The fraction of sp³-hybridized carbons (Fsp3) is 0.588. The van der Waals surface area contributed by atoms with Crippen LogP contribution in [0.15, 0.2) is 22.7 Å². The number of benzene rings is 1. The van der Waals surface area contributed by atoms with Crippen LogP contribution in [0.2, 0.25) is 0 Å². The van der Waals surface area contributed by atoms with Crippen molar-refractivity contribution in [3.05, 3.63) is 28.2 Å². The highest BCUT2D eigenvalue weighted by atomic mass is 79.9. The Hall–Kier alpha value is -1.23. The van der Waals surface area contributed by atoms with E-state index in [2.05, 4.69) is 45.6 Å². The van der Waals surface area contributed by atoms with Gasteiger partial charge < -0.3 is 15.4 Å². The summed E-state index contributed by atoms with van der Waals surface area (Å²) in [6.07, 6.45) is 2.62. The molecule has 0 heterocycles. The number of aryl methyl sites for hydroxylation is 1. The number of amides is 1. The summed E-state index contributed by atoms with van der Waals surface area (Å²) in [4.78, 5) is 11.8. The molecule has 1 aliphatic rings. The van der Waals surface area contributed by atoms with Gasteiger partial charge in [-0.2, -0.15) is 0 Å². The quantitative estimate of drug-likeness (QED) is 0.818. The molecule has 2 atom stereocenters. The first kappa shape index (κ1) is 17.1. The van der Waals surface area contributed by atoms with E-state index >= 15 is 0 Å². The van der Waals surface area contributed by atoms with E-state index in [1.165, 1.54) is 5.56 Å². The van der Waals surface area contributed by atoms with E-state index in [9.17, 15) is 4.79 Å². The molecule has 1 saturated carbocycles. The van der Waals surface area contributed by atoms with Crippen LogP contribution in [0.5, 0.6) is 0 Å². The Morgan fingerprint density at radius 1 is 1.27 bits per heavy atom. The summed E-state index contributed by atoms with van der Waals surface area (Å²) in [7, 11) is 0. The lowest BCUT2D eigenvalue weighted by molar-refractivity contribution is 0.0505. The van der Waals surface area contributed by atoms with Gasteiger partial charge in [0.05, 0.1) is 0 Å². The average molecular weight is 369 g/mol. The van der Waals surface area contributed by atoms with Crippen molar-refractivity contribution in [2.75, 3.05) is 5.32 Å². The predicted octanol–water partition coefficient (Wildman–Crippen LogP) is 4.62. The lowest BCUT2D eigenvalue weighted by Gasteiger charge is -2.22. The number of ether oxygens (including phenoxy) is 1. The van der Waals surface area contributed by atoms with Crippen LogP contribution >= 0.6 is 15.9 Å². The zero-order chi connectivity index (χ0) is 16.3. The maximum Gasteiger partial charge on any atom is 0.407 e. The summed E-state index contributed by atoms with van der Waals surface area (Å²) in [6.45, 7) is 7.73. The molecule has 0 saturated heterocycles. The molecule has 1 amide bonds. The van der Waals surface area contributed by atoms with Gasteiger partial charge in [-0.05, 0) is 64.7 Å². The van der Waals surface area contributed by atoms with Crippen LogP contribution in [0.1, 0.15) is 45.6 Å². The number of rotatable bonds is 3. The third-order valence-corrected chi connectivity index (χ3v) is 4.21. The van der Waals surface area contributed by atoms with Crippen molar-refractivity contribution in [1.82, 2.24) is 5.32 Å². The number of carbonyl (C=O) groups excluding carboxylic acids is 1. The predicted molar refractivity (Wildman–Crippen MR) is 93.3 cm³/mol. The van der Waals surface area contributed by atoms with Crippen molar-refractivity contribution in [2.45, 2.75) is 64.6 Å². The van der Waals surface area contributed by atoms with Crippen molar-refractivity contribution < 1.29 is 9.53 Å². The van der Waals surface area contributed by atoms with Crippen LogP contribution in [0.25, 0.3) is 0 Å². The Labute approximate surface area is 141 Å². The average Bonchev–Trinajstić information content (AvgIpc) is 2.78. The van der Waals surface area contributed by atoms with Gasteiger partial charge in [-0.1, -0.05) is 22.0 Å². The van der Waals surface area contributed by atoms with Crippen molar-refractivity contribution in [1.29, 1.82) is 0 Å². The second kappa shape index (κ2) is 6.90. The molecule has 2 N–H and O–H groups in total. The van der Waals surface area contributed by atoms with Gasteiger partial charge in [-0.3, -0.25) is 0 Å². The molecule has 2 rings (SSSR count). The van der Waals surface area contributed by atoms with E-state index in [0.29, 0.717) is 6.04 Å². The zero-order valence-electron chi connectivity index (χ0n) is 13.7. The highest BCUT2D eigenvalue weighted by Crippen LogP contribution is 2.27. The van der Waals surface area contributed by atoms with Crippen molar-refractivity contribution in [3.8, 4) is 0 Å². The van der Waals surface area contributed by atoms with Gasteiger partial charge in [0.15, 0.2) is 0 Å². The monoisotopic (exact) mass is 368 g/mol.